The predicted molar refractivity (Wildman–Crippen MR) is 86.4 cm³/mol. The Kier molecular flexibility index (Phi) is 3.71. The van der Waals surface area contributed by atoms with Crippen LogP contribution in [0, 0.1) is 0 Å². The van der Waals surface area contributed by atoms with E-state index >= 15 is 0 Å². The van der Waals surface area contributed by atoms with Gasteiger partial charge >= 0.3 is 0 Å². The Labute approximate surface area is 118 Å². The minimum atomic E-state index is 0.282. The van der Waals surface area contributed by atoms with Crippen molar-refractivity contribution in [3.8, 4) is 11.1 Å². The summed E-state index contributed by atoms with van der Waals surface area (Å²) >= 11 is 0. The highest BCUT2D eigenvalue weighted by molar-refractivity contribution is 7.18. The van der Waals surface area contributed by atoms with Crippen LogP contribution in [0.25, 0.3) is 11.1 Å². The molecule has 0 saturated heterocycles. The van der Waals surface area contributed by atoms with Crippen LogP contribution < -0.4 is 0 Å². The third-order valence-corrected chi connectivity index (χ3v) is 5.18. The van der Waals surface area contributed by atoms with Gasteiger partial charge in [-0.05, 0) is 29.5 Å². The van der Waals surface area contributed by atoms with Crippen molar-refractivity contribution >= 4 is 9.24 Å². The van der Waals surface area contributed by atoms with Crippen LogP contribution in [-0.4, -0.2) is 0 Å². The number of benzene rings is 2. The zero-order chi connectivity index (χ0) is 13.1. The van der Waals surface area contributed by atoms with Gasteiger partial charge in [0.2, 0.25) is 0 Å². The van der Waals surface area contributed by atoms with Crippen molar-refractivity contribution in [2.75, 3.05) is 0 Å². The minimum absolute atomic E-state index is 0.282. The molecule has 0 amide bonds. The quantitative estimate of drug-likeness (QED) is 0.641. The molecule has 1 atom stereocenters. The molecule has 1 fully saturated rings. The summed E-state index contributed by atoms with van der Waals surface area (Å²) in [6.45, 7) is 0. The van der Waals surface area contributed by atoms with E-state index in [9.17, 15) is 0 Å². The van der Waals surface area contributed by atoms with Gasteiger partial charge in [-0.1, -0.05) is 73.9 Å². The normalized spacial score (nSPS) is 18.2. The fourth-order valence-electron chi connectivity index (χ4n) is 3.24. The molecule has 3 rings (SSSR count). The van der Waals surface area contributed by atoms with E-state index in [1.807, 2.05) is 0 Å². The van der Waals surface area contributed by atoms with E-state index in [0.717, 1.165) is 0 Å². The molecule has 0 N–H and O–H groups in total. The first-order chi connectivity index (χ1) is 9.30. The highest BCUT2D eigenvalue weighted by atomic mass is 31.0. The molecule has 1 heteroatoms. The second-order valence-corrected chi connectivity index (χ2v) is 6.73. The lowest BCUT2D eigenvalue weighted by Gasteiger charge is -2.35. The van der Waals surface area contributed by atoms with Gasteiger partial charge in [-0.25, -0.2) is 0 Å². The van der Waals surface area contributed by atoms with E-state index in [1.54, 1.807) is 0 Å². The van der Waals surface area contributed by atoms with Crippen molar-refractivity contribution in [3.63, 3.8) is 0 Å². The van der Waals surface area contributed by atoms with Gasteiger partial charge in [0.15, 0.2) is 0 Å². The Morgan fingerprint density at radius 1 is 0.737 bits per heavy atom. The summed E-state index contributed by atoms with van der Waals surface area (Å²) in [5, 5.41) is 0.282. The van der Waals surface area contributed by atoms with Crippen molar-refractivity contribution in [2.45, 2.75) is 37.3 Å². The Morgan fingerprint density at radius 3 is 2.11 bits per heavy atom. The molecule has 0 nitrogen and oxygen atoms in total. The van der Waals surface area contributed by atoms with Crippen LogP contribution in [0.5, 0.6) is 0 Å². The molecule has 2 aromatic rings. The molecule has 1 saturated carbocycles. The standard InChI is InChI=1S/C18H21P/c19-18(13-7-2-8-14-18)17-12-6-5-11-16(17)15-9-3-1-4-10-15/h1,3-6,9-12H,2,7-8,13-14,19H2. The first-order valence-electron chi connectivity index (χ1n) is 7.23. The third-order valence-electron chi connectivity index (χ3n) is 4.29. The SMILES string of the molecule is PC1(c2ccccc2-c2ccccc2)CCCCC1. The zero-order valence-electron chi connectivity index (χ0n) is 11.3. The van der Waals surface area contributed by atoms with Gasteiger partial charge in [0.05, 0.1) is 0 Å². The second-order valence-electron chi connectivity index (χ2n) is 5.63. The maximum atomic E-state index is 3.16. The van der Waals surface area contributed by atoms with Crippen molar-refractivity contribution in [3.05, 3.63) is 60.2 Å². The molecule has 2 aromatic carbocycles. The topological polar surface area (TPSA) is 0 Å². The van der Waals surface area contributed by atoms with E-state index in [4.69, 9.17) is 0 Å². The molecular formula is C18H21P. The Hall–Kier alpha value is -1.13. The van der Waals surface area contributed by atoms with Crippen molar-refractivity contribution in [1.82, 2.24) is 0 Å². The first-order valence-corrected chi connectivity index (χ1v) is 7.81. The average molecular weight is 268 g/mol. The summed E-state index contributed by atoms with van der Waals surface area (Å²) < 4.78 is 0. The lowest BCUT2D eigenvalue weighted by atomic mass is 9.80. The molecule has 0 bridgehead atoms. The molecule has 0 spiro atoms. The molecular weight excluding hydrogens is 247 g/mol. The second kappa shape index (κ2) is 5.47. The predicted octanol–water partition coefficient (Wildman–Crippen LogP) is 5.39. The third kappa shape index (κ3) is 2.60. The van der Waals surface area contributed by atoms with Crippen LogP contribution in [0.4, 0.5) is 0 Å². The first kappa shape index (κ1) is 12.9. The van der Waals surface area contributed by atoms with Crippen molar-refractivity contribution < 1.29 is 0 Å². The van der Waals surface area contributed by atoms with Crippen LogP contribution >= 0.6 is 9.24 Å². The number of hydrogen-bond acceptors (Lipinski definition) is 0. The summed E-state index contributed by atoms with van der Waals surface area (Å²) in [5.74, 6) is 0. The highest BCUT2D eigenvalue weighted by Crippen LogP contribution is 2.47. The van der Waals surface area contributed by atoms with E-state index in [1.165, 1.54) is 48.8 Å². The molecule has 0 heterocycles. The minimum Gasteiger partial charge on any atom is -0.126 e. The van der Waals surface area contributed by atoms with Crippen LogP contribution in [0.15, 0.2) is 54.6 Å². The molecule has 0 aromatic heterocycles. The monoisotopic (exact) mass is 268 g/mol. The lowest BCUT2D eigenvalue weighted by Crippen LogP contribution is -2.22. The van der Waals surface area contributed by atoms with Gasteiger partial charge in [0.1, 0.15) is 0 Å². The van der Waals surface area contributed by atoms with E-state index in [2.05, 4.69) is 63.8 Å². The largest absolute Gasteiger partial charge is 0.126 e. The highest BCUT2D eigenvalue weighted by Gasteiger charge is 2.30. The Balaban J connectivity index is 2.07. The molecule has 0 radical (unpaired) electrons. The van der Waals surface area contributed by atoms with Crippen LogP contribution in [-0.2, 0) is 5.16 Å². The Morgan fingerprint density at radius 2 is 1.37 bits per heavy atom. The fourth-order valence-corrected chi connectivity index (χ4v) is 3.90. The zero-order valence-corrected chi connectivity index (χ0v) is 12.5. The summed E-state index contributed by atoms with van der Waals surface area (Å²) in [6.07, 6.45) is 6.69. The van der Waals surface area contributed by atoms with Crippen LogP contribution in [0.2, 0.25) is 0 Å². The van der Waals surface area contributed by atoms with Gasteiger partial charge in [-0.15, -0.1) is 9.24 Å². The molecule has 19 heavy (non-hydrogen) atoms. The van der Waals surface area contributed by atoms with Gasteiger partial charge in [0, 0.05) is 5.16 Å². The molecule has 0 aliphatic heterocycles. The molecule has 1 aliphatic carbocycles. The summed E-state index contributed by atoms with van der Waals surface area (Å²) in [5.41, 5.74) is 4.25. The Bertz CT molecular complexity index is 539. The van der Waals surface area contributed by atoms with Gasteiger partial charge in [0.25, 0.3) is 0 Å². The van der Waals surface area contributed by atoms with Gasteiger partial charge in [-0.3, -0.25) is 0 Å². The summed E-state index contributed by atoms with van der Waals surface area (Å²) in [4.78, 5) is 0. The smallest absolute Gasteiger partial charge is 0.0104 e. The summed E-state index contributed by atoms with van der Waals surface area (Å²) in [6, 6.07) is 19.7. The van der Waals surface area contributed by atoms with E-state index in [-0.39, 0.29) is 5.16 Å². The van der Waals surface area contributed by atoms with Gasteiger partial charge in [-0.2, -0.15) is 0 Å². The maximum Gasteiger partial charge on any atom is 0.0104 e. The van der Waals surface area contributed by atoms with Crippen LogP contribution in [0.3, 0.4) is 0 Å². The summed E-state index contributed by atoms with van der Waals surface area (Å²) in [7, 11) is 3.16. The number of rotatable bonds is 2. The average Bonchev–Trinajstić information content (AvgIpc) is 2.49. The number of hydrogen-bond donors (Lipinski definition) is 0. The van der Waals surface area contributed by atoms with Crippen molar-refractivity contribution in [1.29, 1.82) is 0 Å². The molecule has 1 aliphatic rings. The molecule has 98 valence electrons. The van der Waals surface area contributed by atoms with Gasteiger partial charge < -0.3 is 0 Å². The van der Waals surface area contributed by atoms with E-state index < -0.39 is 0 Å². The van der Waals surface area contributed by atoms with Crippen molar-refractivity contribution in [2.24, 2.45) is 0 Å². The fraction of sp³-hybridized carbons (Fsp3) is 0.333. The lowest BCUT2D eigenvalue weighted by molar-refractivity contribution is 0.407. The molecule has 1 unspecified atom stereocenters. The van der Waals surface area contributed by atoms with E-state index in [0.29, 0.717) is 0 Å². The maximum absolute atomic E-state index is 3.16. The van der Waals surface area contributed by atoms with Crippen LogP contribution in [0.1, 0.15) is 37.7 Å².